The van der Waals surface area contributed by atoms with Gasteiger partial charge in [0.05, 0.1) is 11.2 Å². The number of aromatic amines is 1. The van der Waals surface area contributed by atoms with Crippen molar-refractivity contribution in [2.24, 2.45) is 0 Å². The van der Waals surface area contributed by atoms with Gasteiger partial charge in [0.25, 0.3) is 0 Å². The highest BCUT2D eigenvalue weighted by Crippen LogP contribution is 2.32. The Kier molecular flexibility index (Phi) is 4.03. The summed E-state index contributed by atoms with van der Waals surface area (Å²) in [6.07, 6.45) is 2.73. The van der Waals surface area contributed by atoms with Crippen molar-refractivity contribution in [3.05, 3.63) is 58.8 Å². The topological polar surface area (TPSA) is 37.9 Å². The van der Waals surface area contributed by atoms with Crippen LogP contribution in [0.2, 0.25) is 5.02 Å². The van der Waals surface area contributed by atoms with Gasteiger partial charge in [-0.2, -0.15) is 0 Å². The van der Waals surface area contributed by atoms with Crippen LogP contribution in [0.4, 0.5) is 4.39 Å². The van der Waals surface area contributed by atoms with Crippen molar-refractivity contribution in [3.8, 4) is 5.75 Å². The number of rotatable bonds is 4. The first-order valence-electron chi connectivity index (χ1n) is 7.07. The number of hydrogen-bond donors (Lipinski definition) is 1. The largest absolute Gasteiger partial charge is 0.487 e. The zero-order valence-electron chi connectivity index (χ0n) is 12.4. The SMILES string of the molecule is CC(C)c1cc2cc(Cl)c(OCc3cncc(F)c3)cc2[nH]1. The zero-order chi connectivity index (χ0) is 15.7. The summed E-state index contributed by atoms with van der Waals surface area (Å²) >= 11 is 6.26. The highest BCUT2D eigenvalue weighted by Gasteiger charge is 2.09. The summed E-state index contributed by atoms with van der Waals surface area (Å²) in [5.41, 5.74) is 2.78. The van der Waals surface area contributed by atoms with E-state index in [1.807, 2.05) is 12.1 Å². The summed E-state index contributed by atoms with van der Waals surface area (Å²) in [5, 5.41) is 1.58. The fourth-order valence-corrected chi connectivity index (χ4v) is 2.50. The number of halogens is 2. The Morgan fingerprint density at radius 3 is 2.77 bits per heavy atom. The molecule has 1 N–H and O–H groups in total. The number of fused-ring (bicyclic) bond motifs is 1. The van der Waals surface area contributed by atoms with Crippen LogP contribution in [-0.4, -0.2) is 9.97 Å². The lowest BCUT2D eigenvalue weighted by molar-refractivity contribution is 0.305. The molecule has 114 valence electrons. The monoisotopic (exact) mass is 318 g/mol. The summed E-state index contributed by atoms with van der Waals surface area (Å²) in [6.45, 7) is 4.47. The van der Waals surface area contributed by atoms with E-state index in [-0.39, 0.29) is 12.4 Å². The van der Waals surface area contributed by atoms with Crippen molar-refractivity contribution in [2.45, 2.75) is 26.4 Å². The zero-order valence-corrected chi connectivity index (χ0v) is 13.1. The van der Waals surface area contributed by atoms with E-state index in [2.05, 4.69) is 29.9 Å². The number of aromatic nitrogens is 2. The maximum Gasteiger partial charge on any atom is 0.141 e. The van der Waals surface area contributed by atoms with E-state index in [4.69, 9.17) is 16.3 Å². The van der Waals surface area contributed by atoms with E-state index in [0.717, 1.165) is 22.8 Å². The third-order valence-electron chi connectivity index (χ3n) is 3.47. The molecule has 0 fully saturated rings. The van der Waals surface area contributed by atoms with Crippen LogP contribution in [0.3, 0.4) is 0 Å². The van der Waals surface area contributed by atoms with Crippen molar-refractivity contribution in [2.75, 3.05) is 0 Å². The van der Waals surface area contributed by atoms with Crippen LogP contribution in [0.1, 0.15) is 31.0 Å². The van der Waals surface area contributed by atoms with Gasteiger partial charge in [-0.15, -0.1) is 0 Å². The normalized spacial score (nSPS) is 11.3. The minimum atomic E-state index is -0.381. The first-order valence-corrected chi connectivity index (χ1v) is 7.45. The standard InChI is InChI=1S/C17H16ClFN2O/c1-10(2)15-5-12-4-14(18)17(6-16(12)21-15)22-9-11-3-13(19)8-20-7-11/h3-8,10,21H,9H2,1-2H3. The lowest BCUT2D eigenvalue weighted by Gasteiger charge is -2.08. The Morgan fingerprint density at radius 2 is 2.05 bits per heavy atom. The van der Waals surface area contributed by atoms with E-state index in [9.17, 15) is 4.39 Å². The van der Waals surface area contributed by atoms with Crippen LogP contribution in [0, 0.1) is 5.82 Å². The highest BCUT2D eigenvalue weighted by atomic mass is 35.5. The Balaban J connectivity index is 1.85. The number of hydrogen-bond acceptors (Lipinski definition) is 2. The smallest absolute Gasteiger partial charge is 0.141 e. The quantitative estimate of drug-likeness (QED) is 0.730. The molecule has 1 aromatic carbocycles. The Bertz CT molecular complexity index is 814. The molecule has 5 heteroatoms. The molecule has 0 aliphatic rings. The second-order valence-corrected chi connectivity index (χ2v) is 5.96. The Labute approximate surface area is 133 Å². The van der Waals surface area contributed by atoms with Gasteiger partial charge >= 0.3 is 0 Å². The molecular weight excluding hydrogens is 303 g/mol. The molecule has 22 heavy (non-hydrogen) atoms. The van der Waals surface area contributed by atoms with Crippen molar-refractivity contribution in [1.82, 2.24) is 9.97 Å². The molecule has 3 rings (SSSR count). The summed E-state index contributed by atoms with van der Waals surface area (Å²) in [7, 11) is 0. The maximum absolute atomic E-state index is 13.1. The fourth-order valence-electron chi connectivity index (χ4n) is 2.27. The number of nitrogens with zero attached hydrogens (tertiary/aromatic N) is 1. The van der Waals surface area contributed by atoms with Gasteiger partial charge < -0.3 is 9.72 Å². The summed E-state index contributed by atoms with van der Waals surface area (Å²) in [6, 6.07) is 7.23. The molecule has 0 saturated heterocycles. The molecule has 2 heterocycles. The van der Waals surface area contributed by atoms with Gasteiger partial charge in [0, 0.05) is 34.4 Å². The predicted molar refractivity (Wildman–Crippen MR) is 85.9 cm³/mol. The molecule has 0 radical (unpaired) electrons. The van der Waals surface area contributed by atoms with Crippen LogP contribution in [0.5, 0.6) is 5.75 Å². The molecule has 3 aromatic rings. The average molecular weight is 319 g/mol. The van der Waals surface area contributed by atoms with E-state index in [0.29, 0.717) is 22.3 Å². The van der Waals surface area contributed by atoms with E-state index >= 15 is 0 Å². The highest BCUT2D eigenvalue weighted by molar-refractivity contribution is 6.32. The number of ether oxygens (including phenoxy) is 1. The van der Waals surface area contributed by atoms with Crippen molar-refractivity contribution >= 4 is 22.5 Å². The first kappa shape index (κ1) is 14.9. The maximum atomic E-state index is 13.1. The number of pyridine rings is 1. The van der Waals surface area contributed by atoms with Gasteiger partial charge in [-0.1, -0.05) is 25.4 Å². The second-order valence-electron chi connectivity index (χ2n) is 5.55. The molecule has 0 aliphatic carbocycles. The molecule has 0 saturated carbocycles. The molecule has 0 unspecified atom stereocenters. The van der Waals surface area contributed by atoms with E-state index in [1.165, 1.54) is 6.07 Å². The Hall–Kier alpha value is -2.07. The first-order chi connectivity index (χ1) is 10.5. The third-order valence-corrected chi connectivity index (χ3v) is 3.77. The molecule has 2 aromatic heterocycles. The molecule has 3 nitrogen and oxygen atoms in total. The lowest BCUT2D eigenvalue weighted by Crippen LogP contribution is -1.97. The predicted octanol–water partition coefficient (Wildman–Crippen LogP) is 5.06. The van der Waals surface area contributed by atoms with Crippen LogP contribution >= 0.6 is 11.6 Å². The minimum absolute atomic E-state index is 0.216. The number of benzene rings is 1. The van der Waals surface area contributed by atoms with Crippen molar-refractivity contribution in [3.63, 3.8) is 0 Å². The molecule has 0 amide bonds. The lowest BCUT2D eigenvalue weighted by atomic mass is 10.1. The minimum Gasteiger partial charge on any atom is -0.487 e. The fraction of sp³-hybridized carbons (Fsp3) is 0.235. The van der Waals surface area contributed by atoms with Crippen LogP contribution in [0.15, 0.2) is 36.7 Å². The molecule has 0 aliphatic heterocycles. The van der Waals surface area contributed by atoms with Crippen LogP contribution in [-0.2, 0) is 6.61 Å². The van der Waals surface area contributed by atoms with Crippen LogP contribution in [0.25, 0.3) is 10.9 Å². The van der Waals surface area contributed by atoms with Crippen molar-refractivity contribution in [1.29, 1.82) is 0 Å². The van der Waals surface area contributed by atoms with Gasteiger partial charge in [0.1, 0.15) is 18.2 Å². The van der Waals surface area contributed by atoms with E-state index < -0.39 is 0 Å². The third kappa shape index (κ3) is 3.07. The van der Waals surface area contributed by atoms with Crippen molar-refractivity contribution < 1.29 is 9.13 Å². The summed E-state index contributed by atoms with van der Waals surface area (Å²) in [4.78, 5) is 7.16. The van der Waals surface area contributed by atoms with Gasteiger partial charge in [-0.05, 0) is 24.1 Å². The van der Waals surface area contributed by atoms with Gasteiger partial charge in [-0.3, -0.25) is 4.98 Å². The average Bonchev–Trinajstić information content (AvgIpc) is 2.88. The van der Waals surface area contributed by atoms with Crippen LogP contribution < -0.4 is 4.74 Å². The summed E-state index contributed by atoms with van der Waals surface area (Å²) < 4.78 is 18.8. The van der Waals surface area contributed by atoms with E-state index in [1.54, 1.807) is 6.20 Å². The number of H-pyrrole nitrogens is 1. The molecule has 0 spiro atoms. The summed E-state index contributed by atoms with van der Waals surface area (Å²) in [5.74, 6) is 0.595. The van der Waals surface area contributed by atoms with Gasteiger partial charge in [0.15, 0.2) is 0 Å². The number of nitrogens with one attached hydrogen (secondary N) is 1. The van der Waals surface area contributed by atoms with Gasteiger partial charge in [-0.25, -0.2) is 4.39 Å². The van der Waals surface area contributed by atoms with Gasteiger partial charge in [0.2, 0.25) is 0 Å². The molecular formula is C17H16ClFN2O. The second kappa shape index (κ2) is 5.97. The Morgan fingerprint density at radius 1 is 1.23 bits per heavy atom. The molecule has 0 bridgehead atoms. The molecule has 0 atom stereocenters.